The van der Waals surface area contributed by atoms with Crippen LogP contribution in [0.5, 0.6) is 0 Å². The zero-order valence-electron chi connectivity index (χ0n) is 16.0. The van der Waals surface area contributed by atoms with Crippen molar-refractivity contribution in [2.75, 3.05) is 13.2 Å². The molecule has 0 N–H and O–H groups in total. The summed E-state index contributed by atoms with van der Waals surface area (Å²) < 4.78 is 44.2. The fourth-order valence-corrected chi connectivity index (χ4v) is 3.14. The number of ether oxygens (including phenoxy) is 3. The Morgan fingerprint density at radius 2 is 1.82 bits per heavy atom. The van der Waals surface area contributed by atoms with Gasteiger partial charge in [0.2, 0.25) is 0 Å². The number of aryl methyl sites for hydroxylation is 1. The van der Waals surface area contributed by atoms with Crippen LogP contribution in [-0.4, -0.2) is 31.3 Å². The second-order valence-corrected chi connectivity index (χ2v) is 6.96. The van der Waals surface area contributed by atoms with E-state index in [0.717, 1.165) is 23.6 Å². The van der Waals surface area contributed by atoms with E-state index < -0.39 is 23.9 Å². The van der Waals surface area contributed by atoms with Gasteiger partial charge >= 0.3 is 12.4 Å². The van der Waals surface area contributed by atoms with Crippen molar-refractivity contribution in [3.05, 3.63) is 59.4 Å². The Kier molecular flexibility index (Phi) is 6.42. The molecule has 0 aliphatic carbocycles. The molecule has 1 fully saturated rings. The molecule has 0 saturated carbocycles. The molecule has 2 aromatic carbocycles. The molecule has 4 nitrogen and oxygen atoms in total. The quantitative estimate of drug-likeness (QED) is 0.648. The lowest BCUT2D eigenvalue weighted by Gasteiger charge is -2.33. The van der Waals surface area contributed by atoms with Gasteiger partial charge in [-0.1, -0.05) is 50.6 Å². The molecule has 1 saturated heterocycles. The third kappa shape index (κ3) is 4.75. The zero-order chi connectivity index (χ0) is 20.1. The van der Waals surface area contributed by atoms with Gasteiger partial charge in [0.15, 0.2) is 5.67 Å². The van der Waals surface area contributed by atoms with Crippen molar-refractivity contribution in [3.63, 3.8) is 0 Å². The van der Waals surface area contributed by atoms with Crippen LogP contribution in [0.1, 0.15) is 42.6 Å². The number of halogens is 2. The van der Waals surface area contributed by atoms with Gasteiger partial charge in [-0.3, -0.25) is 0 Å². The number of carbonyl (C=O) groups excluding carboxylic acids is 1. The Hall–Kier alpha value is -2.31. The fourth-order valence-electron chi connectivity index (χ4n) is 3.14. The van der Waals surface area contributed by atoms with Gasteiger partial charge in [0.1, 0.15) is 5.82 Å². The minimum Gasteiger partial charge on any atom is -0.407 e. The maximum atomic E-state index is 14.5. The summed E-state index contributed by atoms with van der Waals surface area (Å²) in [6, 6.07) is 11.7. The summed E-state index contributed by atoms with van der Waals surface area (Å²) in [5, 5.41) is 0. The Balaban J connectivity index is 1.64. The van der Waals surface area contributed by atoms with Gasteiger partial charge in [-0.2, -0.15) is 0 Å². The van der Waals surface area contributed by atoms with Crippen molar-refractivity contribution in [2.24, 2.45) is 0 Å². The molecule has 0 amide bonds. The van der Waals surface area contributed by atoms with E-state index in [4.69, 9.17) is 14.2 Å². The van der Waals surface area contributed by atoms with Crippen LogP contribution in [0.2, 0.25) is 0 Å². The number of alkyl halides is 1. The van der Waals surface area contributed by atoms with E-state index in [1.54, 1.807) is 0 Å². The highest BCUT2D eigenvalue weighted by atomic mass is 19.1. The Morgan fingerprint density at radius 3 is 2.39 bits per heavy atom. The monoisotopic (exact) mass is 390 g/mol. The second-order valence-electron chi connectivity index (χ2n) is 6.96. The molecule has 28 heavy (non-hydrogen) atoms. The molecule has 0 spiro atoms. The van der Waals surface area contributed by atoms with Crippen LogP contribution in [-0.2, 0) is 20.6 Å². The van der Waals surface area contributed by atoms with Gasteiger partial charge in [-0.25, -0.2) is 13.6 Å². The van der Waals surface area contributed by atoms with Crippen LogP contribution in [0.25, 0.3) is 11.1 Å². The maximum absolute atomic E-state index is 14.5. The second kappa shape index (κ2) is 8.80. The Bertz CT molecular complexity index is 812. The van der Waals surface area contributed by atoms with Crippen LogP contribution in [0.3, 0.4) is 0 Å². The predicted molar refractivity (Wildman–Crippen MR) is 101 cm³/mol. The average Bonchev–Trinajstić information content (AvgIpc) is 2.70. The summed E-state index contributed by atoms with van der Waals surface area (Å²) in [7, 11) is 0. The maximum Gasteiger partial charge on any atom is 0.342 e. The van der Waals surface area contributed by atoms with E-state index in [1.807, 2.05) is 38.1 Å². The fraction of sp³-hybridized carbons (Fsp3) is 0.409. The lowest BCUT2D eigenvalue weighted by molar-refractivity contribution is -0.318. The number of carbonyl (C=O) groups is 1. The first-order valence-corrected chi connectivity index (χ1v) is 9.46. The lowest BCUT2D eigenvalue weighted by atomic mass is 10.0. The molecular formula is C22H24F2O4. The molecule has 1 heterocycles. The van der Waals surface area contributed by atoms with Crippen molar-refractivity contribution in [1.29, 1.82) is 0 Å². The van der Waals surface area contributed by atoms with E-state index in [9.17, 15) is 13.6 Å². The minimum atomic E-state index is -1.57. The summed E-state index contributed by atoms with van der Waals surface area (Å²) in [5.74, 6) is -1.33. The van der Waals surface area contributed by atoms with E-state index >= 15 is 0 Å². The smallest absolute Gasteiger partial charge is 0.342 e. The minimum absolute atomic E-state index is 0.0317. The number of benzene rings is 2. The first-order valence-electron chi connectivity index (χ1n) is 9.46. The highest BCUT2D eigenvalue weighted by Gasteiger charge is 2.37. The van der Waals surface area contributed by atoms with Gasteiger partial charge in [0, 0.05) is 5.56 Å². The van der Waals surface area contributed by atoms with Crippen molar-refractivity contribution >= 4 is 5.97 Å². The van der Waals surface area contributed by atoms with E-state index in [0.29, 0.717) is 18.4 Å². The van der Waals surface area contributed by atoms with E-state index in [-0.39, 0.29) is 18.8 Å². The largest absolute Gasteiger partial charge is 0.407 e. The third-order valence-corrected chi connectivity index (χ3v) is 4.74. The molecule has 0 atom stereocenters. The number of rotatable bonds is 6. The van der Waals surface area contributed by atoms with Crippen LogP contribution < -0.4 is 0 Å². The summed E-state index contributed by atoms with van der Waals surface area (Å²) in [5.41, 5.74) is 0.742. The van der Waals surface area contributed by atoms with Crippen LogP contribution in [0.15, 0.2) is 42.5 Å². The Labute approximate surface area is 163 Å². The van der Waals surface area contributed by atoms with Gasteiger partial charge in [0.05, 0.1) is 18.8 Å². The lowest BCUT2D eigenvalue weighted by Crippen LogP contribution is -2.45. The van der Waals surface area contributed by atoms with E-state index in [1.165, 1.54) is 12.1 Å². The first kappa shape index (κ1) is 20.4. The van der Waals surface area contributed by atoms with Gasteiger partial charge in [0.25, 0.3) is 0 Å². The van der Waals surface area contributed by atoms with Crippen LogP contribution in [0.4, 0.5) is 8.78 Å². The topological polar surface area (TPSA) is 44.8 Å². The Morgan fingerprint density at radius 1 is 1.14 bits per heavy atom. The summed E-state index contributed by atoms with van der Waals surface area (Å²) in [4.78, 5) is 12.2. The molecule has 0 bridgehead atoms. The SMILES string of the molecule is CCCC1(F)COC(OC(=O)c2ccc(-c3ccc(CC)cc3)c(F)c2)OC1. The normalized spacial score (nSPS) is 22.1. The summed E-state index contributed by atoms with van der Waals surface area (Å²) >= 11 is 0. The third-order valence-electron chi connectivity index (χ3n) is 4.74. The molecule has 3 rings (SSSR count). The van der Waals surface area contributed by atoms with Crippen molar-refractivity contribution < 1.29 is 27.8 Å². The molecule has 0 aromatic heterocycles. The first-order chi connectivity index (χ1) is 13.4. The molecule has 2 aromatic rings. The van der Waals surface area contributed by atoms with Crippen LogP contribution in [0, 0.1) is 5.82 Å². The highest BCUT2D eigenvalue weighted by molar-refractivity contribution is 5.90. The average molecular weight is 390 g/mol. The standard InChI is InChI=1S/C22H24F2O4/c1-3-11-22(24)13-26-21(27-14-22)28-20(25)17-9-10-18(19(23)12-17)16-7-5-15(4-2)6-8-16/h5-10,12,21H,3-4,11,13-14H2,1-2H3. The van der Waals surface area contributed by atoms with E-state index in [2.05, 4.69) is 0 Å². The van der Waals surface area contributed by atoms with Crippen molar-refractivity contribution in [1.82, 2.24) is 0 Å². The zero-order valence-corrected chi connectivity index (χ0v) is 16.0. The van der Waals surface area contributed by atoms with Gasteiger partial charge < -0.3 is 14.2 Å². The molecule has 0 radical (unpaired) electrons. The highest BCUT2D eigenvalue weighted by Crippen LogP contribution is 2.27. The number of hydrogen-bond acceptors (Lipinski definition) is 4. The molecule has 1 aliphatic heterocycles. The van der Waals surface area contributed by atoms with Crippen molar-refractivity contribution in [3.8, 4) is 11.1 Å². The number of esters is 1. The summed E-state index contributed by atoms with van der Waals surface area (Å²) in [6.45, 7) is 2.20. The van der Waals surface area contributed by atoms with Crippen LogP contribution >= 0.6 is 0 Å². The molecule has 1 aliphatic rings. The van der Waals surface area contributed by atoms with Gasteiger partial charge in [-0.05, 0) is 36.1 Å². The summed E-state index contributed by atoms with van der Waals surface area (Å²) in [6.07, 6.45) is 1.86. The predicted octanol–water partition coefficient (Wildman–Crippen LogP) is 5.05. The molecular weight excluding hydrogens is 366 g/mol. The molecule has 0 unspecified atom stereocenters. The van der Waals surface area contributed by atoms with Crippen molar-refractivity contribution in [2.45, 2.75) is 45.3 Å². The van der Waals surface area contributed by atoms with Gasteiger partial charge in [-0.15, -0.1) is 0 Å². The molecule has 6 heteroatoms. The number of hydrogen-bond donors (Lipinski definition) is 0. The molecule has 150 valence electrons.